The van der Waals surface area contributed by atoms with Gasteiger partial charge < -0.3 is 10.0 Å². The molecule has 0 bridgehead atoms. The SMILES string of the molecule is CN(CC(=O)O)C(=O)Nc1ncnn1C. The molecule has 15 heavy (non-hydrogen) atoms. The summed E-state index contributed by atoms with van der Waals surface area (Å²) in [5, 5.41) is 14.6. The lowest BCUT2D eigenvalue weighted by Crippen LogP contribution is -2.36. The molecular weight excluding hydrogens is 202 g/mol. The number of nitrogens with zero attached hydrogens (tertiary/aromatic N) is 4. The van der Waals surface area contributed by atoms with E-state index in [0.717, 1.165) is 4.90 Å². The summed E-state index contributed by atoms with van der Waals surface area (Å²) in [7, 11) is 2.99. The Morgan fingerprint density at radius 3 is 2.80 bits per heavy atom. The van der Waals surface area contributed by atoms with Gasteiger partial charge in [-0.2, -0.15) is 10.1 Å². The van der Waals surface area contributed by atoms with Crippen molar-refractivity contribution in [1.82, 2.24) is 19.7 Å². The molecule has 0 aliphatic rings. The lowest BCUT2D eigenvalue weighted by Gasteiger charge is -2.14. The lowest BCUT2D eigenvalue weighted by molar-refractivity contribution is -0.137. The van der Waals surface area contributed by atoms with Gasteiger partial charge in [0, 0.05) is 14.1 Å². The third-order valence-corrected chi connectivity index (χ3v) is 1.65. The first-order valence-corrected chi connectivity index (χ1v) is 4.08. The second-order valence-corrected chi connectivity index (χ2v) is 2.89. The van der Waals surface area contributed by atoms with Crippen LogP contribution >= 0.6 is 0 Å². The van der Waals surface area contributed by atoms with Crippen molar-refractivity contribution in [2.24, 2.45) is 7.05 Å². The molecule has 1 rings (SSSR count). The summed E-state index contributed by atoms with van der Waals surface area (Å²) in [5.41, 5.74) is 0. The predicted molar refractivity (Wildman–Crippen MR) is 50.3 cm³/mol. The van der Waals surface area contributed by atoms with E-state index in [2.05, 4.69) is 15.4 Å². The highest BCUT2D eigenvalue weighted by molar-refractivity contribution is 5.89. The van der Waals surface area contributed by atoms with Gasteiger partial charge in [-0.1, -0.05) is 0 Å². The molecule has 0 fully saturated rings. The number of hydrogen-bond acceptors (Lipinski definition) is 4. The predicted octanol–water partition coefficient (Wildman–Crippen LogP) is -0.637. The second kappa shape index (κ2) is 4.40. The van der Waals surface area contributed by atoms with Gasteiger partial charge in [0.2, 0.25) is 5.95 Å². The number of carboxylic acid groups (broad SMARTS) is 1. The molecule has 2 amide bonds. The van der Waals surface area contributed by atoms with Crippen molar-refractivity contribution in [2.75, 3.05) is 18.9 Å². The van der Waals surface area contributed by atoms with Gasteiger partial charge in [0.25, 0.3) is 0 Å². The minimum absolute atomic E-state index is 0.261. The van der Waals surface area contributed by atoms with Gasteiger partial charge in [0.1, 0.15) is 12.9 Å². The molecule has 1 aromatic rings. The molecule has 0 atom stereocenters. The number of carbonyl (C=O) groups excluding carboxylic acids is 1. The fourth-order valence-corrected chi connectivity index (χ4v) is 0.875. The molecule has 8 heteroatoms. The highest BCUT2D eigenvalue weighted by atomic mass is 16.4. The van der Waals surface area contributed by atoms with E-state index in [4.69, 9.17) is 5.11 Å². The van der Waals surface area contributed by atoms with Crippen molar-refractivity contribution < 1.29 is 14.7 Å². The number of carboxylic acids is 1. The summed E-state index contributed by atoms with van der Waals surface area (Å²) < 4.78 is 1.37. The van der Waals surface area contributed by atoms with Gasteiger partial charge in [-0.15, -0.1) is 0 Å². The van der Waals surface area contributed by atoms with Crippen molar-refractivity contribution in [3.63, 3.8) is 0 Å². The van der Waals surface area contributed by atoms with Gasteiger partial charge in [-0.3, -0.25) is 10.1 Å². The van der Waals surface area contributed by atoms with E-state index in [0.29, 0.717) is 0 Å². The Morgan fingerprint density at radius 2 is 2.33 bits per heavy atom. The molecule has 0 aromatic carbocycles. The summed E-state index contributed by atoms with van der Waals surface area (Å²) in [5.74, 6) is -0.817. The summed E-state index contributed by atoms with van der Waals surface area (Å²) in [6.07, 6.45) is 1.28. The van der Waals surface area contributed by atoms with E-state index in [9.17, 15) is 9.59 Å². The van der Waals surface area contributed by atoms with Gasteiger partial charge >= 0.3 is 12.0 Å². The fraction of sp³-hybridized carbons (Fsp3) is 0.429. The Kier molecular flexibility index (Phi) is 3.21. The van der Waals surface area contributed by atoms with Crippen LogP contribution in [0, 0.1) is 0 Å². The normalized spacial score (nSPS) is 9.73. The zero-order valence-corrected chi connectivity index (χ0v) is 8.34. The van der Waals surface area contributed by atoms with E-state index < -0.39 is 12.0 Å². The lowest BCUT2D eigenvalue weighted by atomic mass is 10.6. The summed E-state index contributed by atoms with van der Waals surface area (Å²) in [6.45, 7) is -0.371. The maximum atomic E-state index is 11.4. The molecule has 0 aliphatic heterocycles. The number of nitrogens with one attached hydrogen (secondary N) is 1. The van der Waals surface area contributed by atoms with Crippen molar-refractivity contribution >= 4 is 17.9 Å². The molecule has 2 N–H and O–H groups in total. The van der Waals surface area contributed by atoms with Crippen LogP contribution in [0.1, 0.15) is 0 Å². The largest absolute Gasteiger partial charge is 0.480 e. The topological polar surface area (TPSA) is 100 Å². The van der Waals surface area contributed by atoms with E-state index in [1.807, 2.05) is 0 Å². The quantitative estimate of drug-likeness (QED) is 0.695. The van der Waals surface area contributed by atoms with Gasteiger partial charge in [-0.25, -0.2) is 9.48 Å². The molecule has 0 radical (unpaired) electrons. The number of aryl methyl sites for hydroxylation is 1. The first-order valence-electron chi connectivity index (χ1n) is 4.08. The number of rotatable bonds is 3. The molecule has 8 nitrogen and oxygen atoms in total. The number of anilines is 1. The smallest absolute Gasteiger partial charge is 0.324 e. The Balaban J connectivity index is 2.56. The number of aliphatic carboxylic acids is 1. The number of aromatic nitrogens is 3. The summed E-state index contributed by atoms with van der Waals surface area (Å²) in [6, 6.07) is -0.548. The zero-order chi connectivity index (χ0) is 11.4. The zero-order valence-electron chi connectivity index (χ0n) is 8.34. The van der Waals surface area contributed by atoms with Crippen LogP contribution in [0.4, 0.5) is 10.7 Å². The molecule has 0 spiro atoms. The fourth-order valence-electron chi connectivity index (χ4n) is 0.875. The monoisotopic (exact) mass is 213 g/mol. The molecule has 1 heterocycles. The highest BCUT2D eigenvalue weighted by Gasteiger charge is 2.13. The third-order valence-electron chi connectivity index (χ3n) is 1.65. The Morgan fingerprint density at radius 1 is 1.67 bits per heavy atom. The minimum Gasteiger partial charge on any atom is -0.480 e. The van der Waals surface area contributed by atoms with Crippen LogP contribution in [0.3, 0.4) is 0 Å². The van der Waals surface area contributed by atoms with Crippen molar-refractivity contribution in [1.29, 1.82) is 0 Å². The average molecular weight is 213 g/mol. The van der Waals surface area contributed by atoms with Crippen LogP contribution in [-0.2, 0) is 11.8 Å². The van der Waals surface area contributed by atoms with Crippen LogP contribution < -0.4 is 5.32 Å². The molecular formula is C7H11N5O3. The minimum atomic E-state index is -1.08. The van der Waals surface area contributed by atoms with Crippen LogP contribution in [0.15, 0.2) is 6.33 Å². The number of likely N-dealkylation sites (N-methyl/N-ethyl adjacent to an activating group) is 1. The Bertz CT molecular complexity index is 374. The molecule has 0 saturated carbocycles. The van der Waals surface area contributed by atoms with E-state index >= 15 is 0 Å². The van der Waals surface area contributed by atoms with Gasteiger partial charge in [-0.05, 0) is 0 Å². The van der Waals surface area contributed by atoms with Crippen LogP contribution in [0.2, 0.25) is 0 Å². The average Bonchev–Trinajstić information content (AvgIpc) is 2.50. The third kappa shape index (κ3) is 2.93. The summed E-state index contributed by atoms with van der Waals surface area (Å²) >= 11 is 0. The van der Waals surface area contributed by atoms with Gasteiger partial charge in [0.05, 0.1) is 0 Å². The van der Waals surface area contributed by atoms with E-state index in [-0.39, 0.29) is 12.5 Å². The first-order chi connectivity index (χ1) is 7.00. The highest BCUT2D eigenvalue weighted by Crippen LogP contribution is 1.99. The number of hydrogen-bond donors (Lipinski definition) is 2. The van der Waals surface area contributed by atoms with Gasteiger partial charge in [0.15, 0.2) is 0 Å². The summed E-state index contributed by atoms with van der Waals surface area (Å²) in [4.78, 5) is 26.5. The first kappa shape index (κ1) is 11.0. The van der Waals surface area contributed by atoms with Crippen molar-refractivity contribution in [3.8, 4) is 0 Å². The maximum absolute atomic E-state index is 11.4. The second-order valence-electron chi connectivity index (χ2n) is 2.89. The molecule has 82 valence electrons. The number of carbonyl (C=O) groups is 2. The van der Waals surface area contributed by atoms with Crippen LogP contribution in [-0.4, -0.2) is 50.4 Å². The molecule has 1 aromatic heterocycles. The van der Waals surface area contributed by atoms with Crippen LogP contribution in [0.25, 0.3) is 0 Å². The maximum Gasteiger partial charge on any atom is 0.324 e. The van der Waals surface area contributed by atoms with E-state index in [1.54, 1.807) is 7.05 Å². The number of amides is 2. The Labute approximate surface area is 85.5 Å². The Hall–Kier alpha value is -2.12. The van der Waals surface area contributed by atoms with Crippen molar-refractivity contribution in [2.45, 2.75) is 0 Å². The van der Waals surface area contributed by atoms with E-state index in [1.165, 1.54) is 18.1 Å². The molecule has 0 aliphatic carbocycles. The molecule has 0 unspecified atom stereocenters. The van der Waals surface area contributed by atoms with Crippen molar-refractivity contribution in [3.05, 3.63) is 6.33 Å². The van der Waals surface area contributed by atoms with Crippen LogP contribution in [0.5, 0.6) is 0 Å². The standard InChI is InChI=1S/C7H11N5O3/c1-11(3-5(13)14)7(15)10-6-8-4-9-12(6)2/h4H,3H2,1-2H3,(H,13,14)(H,8,9,10,15). The number of urea groups is 1. The molecule has 0 saturated heterocycles.